The third-order valence-electron chi connectivity index (χ3n) is 5.40. The van der Waals surface area contributed by atoms with Crippen LogP contribution in [0.25, 0.3) is 0 Å². The van der Waals surface area contributed by atoms with Gasteiger partial charge in [0.05, 0.1) is 11.0 Å². The first-order valence-corrected chi connectivity index (χ1v) is 9.57. The molecule has 1 N–H and O–H groups in total. The number of thiophene rings is 1. The van der Waals surface area contributed by atoms with Crippen LogP contribution in [0.3, 0.4) is 0 Å². The number of β-amino-alcohol motifs (C(OH)–C–C–N with tert-alkyl or cyclic N) is 1. The van der Waals surface area contributed by atoms with Crippen molar-refractivity contribution in [2.45, 2.75) is 45.6 Å². The van der Waals surface area contributed by atoms with E-state index in [-0.39, 0.29) is 17.2 Å². The SMILES string of the molecule is Cc1ccsc1C(=O)N1CCC2(CCC(=O)N(CC(C)O)C2)CC1. The summed E-state index contributed by atoms with van der Waals surface area (Å²) >= 11 is 1.51. The number of nitrogens with zero attached hydrogens (tertiary/aromatic N) is 2. The van der Waals surface area contributed by atoms with Crippen molar-refractivity contribution in [1.82, 2.24) is 9.80 Å². The number of hydrogen-bond donors (Lipinski definition) is 1. The van der Waals surface area contributed by atoms with Gasteiger partial charge in [0.2, 0.25) is 5.91 Å². The molecule has 0 aromatic carbocycles. The van der Waals surface area contributed by atoms with Crippen molar-refractivity contribution in [2.75, 3.05) is 26.2 Å². The Morgan fingerprint density at radius 3 is 2.67 bits per heavy atom. The molecule has 2 fully saturated rings. The number of carbonyl (C=O) groups is 2. The lowest BCUT2D eigenvalue weighted by atomic mass is 9.72. The Hall–Kier alpha value is -1.40. The quantitative estimate of drug-likeness (QED) is 0.910. The lowest BCUT2D eigenvalue weighted by Gasteiger charge is -2.47. The molecule has 1 aromatic heterocycles. The number of aliphatic hydroxyl groups is 1. The summed E-state index contributed by atoms with van der Waals surface area (Å²) in [5, 5.41) is 11.6. The van der Waals surface area contributed by atoms with Gasteiger partial charge in [0, 0.05) is 32.6 Å². The Morgan fingerprint density at radius 2 is 2.08 bits per heavy atom. The monoisotopic (exact) mass is 350 g/mol. The topological polar surface area (TPSA) is 60.9 Å². The maximum Gasteiger partial charge on any atom is 0.264 e. The van der Waals surface area contributed by atoms with E-state index in [1.807, 2.05) is 28.2 Å². The number of piperidine rings is 2. The normalized spacial score (nSPS) is 22.0. The van der Waals surface area contributed by atoms with Gasteiger partial charge in [0.1, 0.15) is 0 Å². The van der Waals surface area contributed by atoms with Crippen LogP contribution in [-0.4, -0.2) is 59.0 Å². The molecule has 5 nitrogen and oxygen atoms in total. The summed E-state index contributed by atoms with van der Waals surface area (Å²) in [6.07, 6.45) is 2.85. The minimum atomic E-state index is -0.493. The average Bonchev–Trinajstić information content (AvgIpc) is 2.97. The molecule has 0 saturated carbocycles. The third kappa shape index (κ3) is 3.49. The van der Waals surface area contributed by atoms with Crippen molar-refractivity contribution < 1.29 is 14.7 Å². The summed E-state index contributed by atoms with van der Waals surface area (Å²) in [6, 6.07) is 1.99. The molecule has 3 rings (SSSR count). The number of hydrogen-bond acceptors (Lipinski definition) is 4. The minimum absolute atomic E-state index is 0.115. The molecule has 2 amide bonds. The fraction of sp³-hybridized carbons (Fsp3) is 0.667. The zero-order chi connectivity index (χ0) is 17.3. The summed E-state index contributed by atoms with van der Waals surface area (Å²) in [5.74, 6) is 0.291. The van der Waals surface area contributed by atoms with Crippen molar-refractivity contribution in [3.05, 3.63) is 21.9 Å². The highest BCUT2D eigenvalue weighted by atomic mass is 32.1. The lowest BCUT2D eigenvalue weighted by Crippen LogP contribution is -2.53. The molecule has 1 aromatic rings. The predicted molar refractivity (Wildman–Crippen MR) is 94.1 cm³/mol. The van der Waals surface area contributed by atoms with Gasteiger partial charge in [-0.25, -0.2) is 0 Å². The van der Waals surface area contributed by atoms with Crippen molar-refractivity contribution >= 4 is 23.2 Å². The summed E-state index contributed by atoms with van der Waals surface area (Å²) in [4.78, 5) is 29.3. The van der Waals surface area contributed by atoms with Crippen LogP contribution in [0.1, 0.15) is 47.8 Å². The van der Waals surface area contributed by atoms with E-state index in [4.69, 9.17) is 0 Å². The summed E-state index contributed by atoms with van der Waals surface area (Å²) in [7, 11) is 0. The molecule has 0 radical (unpaired) electrons. The number of likely N-dealkylation sites (tertiary alicyclic amines) is 2. The van der Waals surface area contributed by atoms with E-state index in [1.165, 1.54) is 11.3 Å². The number of amides is 2. The molecule has 1 spiro atoms. The van der Waals surface area contributed by atoms with E-state index in [2.05, 4.69) is 0 Å². The molecule has 2 saturated heterocycles. The Kier molecular flexibility index (Phi) is 4.97. The van der Waals surface area contributed by atoms with Crippen LogP contribution in [0, 0.1) is 12.3 Å². The smallest absolute Gasteiger partial charge is 0.264 e. The van der Waals surface area contributed by atoms with Crippen molar-refractivity contribution in [1.29, 1.82) is 0 Å². The first kappa shape index (κ1) is 17.4. The van der Waals surface area contributed by atoms with Crippen LogP contribution in [0.4, 0.5) is 0 Å². The molecule has 6 heteroatoms. The number of rotatable bonds is 3. The van der Waals surface area contributed by atoms with E-state index in [9.17, 15) is 14.7 Å². The van der Waals surface area contributed by atoms with Crippen molar-refractivity contribution in [2.24, 2.45) is 5.41 Å². The summed E-state index contributed by atoms with van der Waals surface area (Å²) in [5.41, 5.74) is 1.17. The second-order valence-corrected chi connectivity index (χ2v) is 8.26. The van der Waals surface area contributed by atoms with Gasteiger partial charge in [-0.3, -0.25) is 9.59 Å². The van der Waals surface area contributed by atoms with Crippen LogP contribution in [0.15, 0.2) is 11.4 Å². The van der Waals surface area contributed by atoms with E-state index in [1.54, 1.807) is 6.92 Å². The predicted octanol–water partition coefficient (Wildman–Crippen LogP) is 2.28. The van der Waals surface area contributed by atoms with Gasteiger partial charge in [-0.2, -0.15) is 0 Å². The zero-order valence-electron chi connectivity index (χ0n) is 14.5. The van der Waals surface area contributed by atoms with Gasteiger partial charge < -0.3 is 14.9 Å². The van der Waals surface area contributed by atoms with Gasteiger partial charge in [0.15, 0.2) is 0 Å². The molecule has 2 aliphatic rings. The number of carbonyl (C=O) groups excluding carboxylic acids is 2. The highest BCUT2D eigenvalue weighted by molar-refractivity contribution is 7.12. The second-order valence-electron chi connectivity index (χ2n) is 7.35. The Labute approximate surface area is 147 Å². The highest BCUT2D eigenvalue weighted by Gasteiger charge is 2.42. The van der Waals surface area contributed by atoms with Gasteiger partial charge in [-0.1, -0.05) is 0 Å². The maximum atomic E-state index is 12.7. The third-order valence-corrected chi connectivity index (χ3v) is 6.40. The molecule has 3 heterocycles. The molecule has 0 bridgehead atoms. The highest BCUT2D eigenvalue weighted by Crippen LogP contribution is 2.40. The molecule has 1 atom stereocenters. The van der Waals surface area contributed by atoms with Crippen molar-refractivity contribution in [3.8, 4) is 0 Å². The Bertz CT molecular complexity index is 618. The molecule has 132 valence electrons. The van der Waals surface area contributed by atoms with Crippen LogP contribution in [0.2, 0.25) is 0 Å². The van der Waals surface area contributed by atoms with Crippen LogP contribution >= 0.6 is 11.3 Å². The lowest BCUT2D eigenvalue weighted by molar-refractivity contribution is -0.140. The average molecular weight is 350 g/mol. The van der Waals surface area contributed by atoms with Gasteiger partial charge >= 0.3 is 0 Å². The molecular formula is C18H26N2O3S. The Morgan fingerprint density at radius 1 is 1.38 bits per heavy atom. The van der Waals surface area contributed by atoms with Crippen molar-refractivity contribution in [3.63, 3.8) is 0 Å². The fourth-order valence-corrected chi connectivity index (χ4v) is 4.81. The first-order chi connectivity index (χ1) is 11.4. The van der Waals surface area contributed by atoms with E-state index in [0.29, 0.717) is 13.0 Å². The largest absolute Gasteiger partial charge is 0.392 e. The minimum Gasteiger partial charge on any atom is -0.392 e. The number of aryl methyl sites for hydroxylation is 1. The summed E-state index contributed by atoms with van der Waals surface area (Å²) in [6.45, 7) is 6.35. The molecule has 24 heavy (non-hydrogen) atoms. The van der Waals surface area contributed by atoms with Crippen LogP contribution in [-0.2, 0) is 4.79 Å². The van der Waals surface area contributed by atoms with Gasteiger partial charge in [-0.05, 0) is 55.5 Å². The van der Waals surface area contributed by atoms with Gasteiger partial charge in [0.25, 0.3) is 5.91 Å². The van der Waals surface area contributed by atoms with E-state index in [0.717, 1.165) is 49.3 Å². The van der Waals surface area contributed by atoms with Crippen LogP contribution < -0.4 is 0 Å². The van der Waals surface area contributed by atoms with E-state index >= 15 is 0 Å². The molecule has 0 aliphatic carbocycles. The first-order valence-electron chi connectivity index (χ1n) is 8.69. The van der Waals surface area contributed by atoms with Gasteiger partial charge in [-0.15, -0.1) is 11.3 Å². The number of aliphatic hydroxyl groups excluding tert-OH is 1. The molecule has 1 unspecified atom stereocenters. The van der Waals surface area contributed by atoms with Crippen LogP contribution in [0.5, 0.6) is 0 Å². The fourth-order valence-electron chi connectivity index (χ4n) is 3.92. The zero-order valence-corrected chi connectivity index (χ0v) is 15.3. The molecule has 2 aliphatic heterocycles. The van der Waals surface area contributed by atoms with E-state index < -0.39 is 6.10 Å². The second kappa shape index (κ2) is 6.84. The summed E-state index contributed by atoms with van der Waals surface area (Å²) < 4.78 is 0. The Balaban J connectivity index is 1.63. The molecular weight excluding hydrogens is 324 g/mol. The standard InChI is InChI=1S/C18H26N2O3S/c1-13-4-10-24-16(13)17(23)19-8-6-18(7-9-19)5-3-15(22)20(12-18)11-14(2)21/h4,10,14,21H,3,5-9,11-12H2,1-2H3. The maximum absolute atomic E-state index is 12.7.